The standard InChI is InChI=1S/C4H10N2O3S/c1-3(5)4(7)2-10(6,8)9/h3H,2,5H2,1H3,(H2,6,8,9). The maximum atomic E-state index is 10.6. The normalized spacial score (nSPS) is 14.7. The quantitative estimate of drug-likeness (QED) is 0.515. The first-order chi connectivity index (χ1) is 4.33. The third-order valence-electron chi connectivity index (χ3n) is 0.851. The SMILES string of the molecule is CC(N)C(=O)CS(N)(=O)=O. The van der Waals surface area contributed by atoms with E-state index in [9.17, 15) is 13.2 Å². The number of sulfonamides is 1. The number of Topliss-reactive ketones (excluding diaryl/α,β-unsaturated/α-hetero) is 1. The molecule has 0 heterocycles. The van der Waals surface area contributed by atoms with Crippen LogP contribution in [0.5, 0.6) is 0 Å². The molecule has 0 aliphatic carbocycles. The highest BCUT2D eigenvalue weighted by Crippen LogP contribution is 1.84. The van der Waals surface area contributed by atoms with Crippen LogP contribution in [-0.4, -0.2) is 26.0 Å². The van der Waals surface area contributed by atoms with Gasteiger partial charge in [-0.15, -0.1) is 0 Å². The van der Waals surface area contributed by atoms with Crippen LogP contribution in [0.15, 0.2) is 0 Å². The van der Waals surface area contributed by atoms with Crippen molar-refractivity contribution in [2.45, 2.75) is 13.0 Å². The average Bonchev–Trinajstić information content (AvgIpc) is 1.60. The molecule has 0 fully saturated rings. The van der Waals surface area contributed by atoms with Gasteiger partial charge >= 0.3 is 0 Å². The van der Waals surface area contributed by atoms with E-state index < -0.39 is 27.6 Å². The van der Waals surface area contributed by atoms with Crippen LogP contribution < -0.4 is 10.9 Å². The van der Waals surface area contributed by atoms with Gasteiger partial charge in [0.15, 0.2) is 5.78 Å². The Morgan fingerprint density at radius 1 is 1.60 bits per heavy atom. The summed E-state index contributed by atoms with van der Waals surface area (Å²) in [6.45, 7) is 1.41. The molecular formula is C4H10N2O3S. The molecular weight excluding hydrogens is 156 g/mol. The Hall–Kier alpha value is -0.460. The van der Waals surface area contributed by atoms with Gasteiger partial charge in [0.1, 0.15) is 5.75 Å². The van der Waals surface area contributed by atoms with Gasteiger partial charge in [-0.25, -0.2) is 13.6 Å². The first-order valence-corrected chi connectivity index (χ1v) is 4.33. The van der Waals surface area contributed by atoms with Crippen LogP contribution in [0.4, 0.5) is 0 Å². The first-order valence-electron chi connectivity index (χ1n) is 2.61. The van der Waals surface area contributed by atoms with E-state index in [2.05, 4.69) is 5.14 Å². The summed E-state index contributed by atoms with van der Waals surface area (Å²) >= 11 is 0. The summed E-state index contributed by atoms with van der Waals surface area (Å²) in [5, 5.41) is 4.57. The molecule has 10 heavy (non-hydrogen) atoms. The largest absolute Gasteiger partial charge is 0.322 e. The molecule has 0 aromatic carbocycles. The summed E-state index contributed by atoms with van der Waals surface area (Å²) in [5.41, 5.74) is 5.07. The minimum atomic E-state index is -3.70. The van der Waals surface area contributed by atoms with Crippen LogP contribution in [0.1, 0.15) is 6.92 Å². The van der Waals surface area contributed by atoms with Gasteiger partial charge in [-0.05, 0) is 6.92 Å². The lowest BCUT2D eigenvalue weighted by molar-refractivity contribution is -0.117. The summed E-state index contributed by atoms with van der Waals surface area (Å²) in [7, 11) is -3.70. The molecule has 0 aromatic rings. The maximum Gasteiger partial charge on any atom is 0.216 e. The molecule has 0 spiro atoms. The fourth-order valence-corrected chi connectivity index (χ4v) is 0.989. The Kier molecular flexibility index (Phi) is 2.95. The molecule has 60 valence electrons. The monoisotopic (exact) mass is 166 g/mol. The Morgan fingerprint density at radius 2 is 2.00 bits per heavy atom. The summed E-state index contributed by atoms with van der Waals surface area (Å²) in [5.74, 6) is -1.24. The first kappa shape index (κ1) is 9.54. The van der Waals surface area contributed by atoms with Gasteiger partial charge in [0.2, 0.25) is 10.0 Å². The summed E-state index contributed by atoms with van der Waals surface area (Å²) in [6, 6.07) is -0.765. The molecule has 6 heteroatoms. The van der Waals surface area contributed by atoms with Crippen molar-refractivity contribution >= 4 is 15.8 Å². The molecule has 0 radical (unpaired) electrons. The van der Waals surface area contributed by atoms with Crippen molar-refractivity contribution in [2.75, 3.05) is 5.75 Å². The number of carbonyl (C=O) groups excluding carboxylic acids is 1. The molecule has 0 saturated carbocycles. The van der Waals surface area contributed by atoms with Crippen molar-refractivity contribution in [3.63, 3.8) is 0 Å². The fourth-order valence-electron chi connectivity index (χ4n) is 0.330. The molecule has 4 N–H and O–H groups in total. The maximum absolute atomic E-state index is 10.6. The van der Waals surface area contributed by atoms with Gasteiger partial charge in [-0.3, -0.25) is 4.79 Å². The molecule has 1 atom stereocenters. The lowest BCUT2D eigenvalue weighted by atomic mass is 10.3. The van der Waals surface area contributed by atoms with E-state index in [1.165, 1.54) is 6.92 Å². The van der Waals surface area contributed by atoms with E-state index >= 15 is 0 Å². The molecule has 0 aliphatic rings. The second-order valence-electron chi connectivity index (χ2n) is 2.06. The summed E-state index contributed by atoms with van der Waals surface area (Å²) < 4.78 is 20.5. The van der Waals surface area contributed by atoms with Crippen molar-refractivity contribution in [3.05, 3.63) is 0 Å². The summed E-state index contributed by atoms with van der Waals surface area (Å²) in [6.07, 6.45) is 0. The Labute approximate surface area is 59.4 Å². The zero-order chi connectivity index (χ0) is 8.36. The highest BCUT2D eigenvalue weighted by Gasteiger charge is 2.14. The number of carbonyl (C=O) groups is 1. The second-order valence-corrected chi connectivity index (χ2v) is 3.68. The average molecular weight is 166 g/mol. The summed E-state index contributed by atoms with van der Waals surface area (Å²) in [4.78, 5) is 10.6. The molecule has 0 aliphatic heterocycles. The minimum Gasteiger partial charge on any atom is -0.322 e. The zero-order valence-electron chi connectivity index (χ0n) is 5.57. The highest BCUT2D eigenvalue weighted by molar-refractivity contribution is 7.89. The van der Waals surface area contributed by atoms with Crippen molar-refractivity contribution in [3.8, 4) is 0 Å². The van der Waals surface area contributed by atoms with Gasteiger partial charge in [0.25, 0.3) is 0 Å². The van der Waals surface area contributed by atoms with E-state index in [1.54, 1.807) is 0 Å². The predicted molar refractivity (Wildman–Crippen MR) is 36.6 cm³/mol. The van der Waals surface area contributed by atoms with E-state index in [0.29, 0.717) is 0 Å². The highest BCUT2D eigenvalue weighted by atomic mass is 32.2. The third-order valence-corrected chi connectivity index (χ3v) is 1.54. The van der Waals surface area contributed by atoms with Gasteiger partial charge in [0.05, 0.1) is 6.04 Å². The molecule has 1 unspecified atom stereocenters. The van der Waals surface area contributed by atoms with Crippen molar-refractivity contribution in [2.24, 2.45) is 10.9 Å². The Bertz CT molecular complexity index is 219. The molecule has 0 amide bonds. The van der Waals surface area contributed by atoms with Crippen LogP contribution in [-0.2, 0) is 14.8 Å². The molecule has 0 bridgehead atoms. The third kappa shape index (κ3) is 4.42. The number of hydrogen-bond acceptors (Lipinski definition) is 4. The van der Waals surface area contributed by atoms with Crippen LogP contribution in [0, 0.1) is 0 Å². The molecule has 0 saturated heterocycles. The van der Waals surface area contributed by atoms with Crippen molar-refractivity contribution in [1.82, 2.24) is 0 Å². The van der Waals surface area contributed by atoms with Crippen LogP contribution >= 0.6 is 0 Å². The van der Waals surface area contributed by atoms with Crippen LogP contribution in [0.3, 0.4) is 0 Å². The fraction of sp³-hybridized carbons (Fsp3) is 0.750. The molecule has 0 aromatic heterocycles. The number of hydrogen-bond donors (Lipinski definition) is 2. The van der Waals surface area contributed by atoms with Gasteiger partial charge < -0.3 is 5.73 Å². The molecule has 0 rings (SSSR count). The van der Waals surface area contributed by atoms with E-state index in [0.717, 1.165) is 0 Å². The van der Waals surface area contributed by atoms with E-state index in [-0.39, 0.29) is 0 Å². The van der Waals surface area contributed by atoms with Crippen molar-refractivity contribution < 1.29 is 13.2 Å². The van der Waals surface area contributed by atoms with Crippen LogP contribution in [0.2, 0.25) is 0 Å². The topological polar surface area (TPSA) is 103 Å². The number of nitrogens with two attached hydrogens (primary N) is 2. The Balaban J connectivity index is 4.07. The van der Waals surface area contributed by atoms with Gasteiger partial charge in [-0.1, -0.05) is 0 Å². The number of primary sulfonamides is 1. The predicted octanol–water partition coefficient (Wildman–Crippen LogP) is -1.81. The zero-order valence-corrected chi connectivity index (χ0v) is 6.39. The van der Waals surface area contributed by atoms with E-state index in [4.69, 9.17) is 5.73 Å². The molecule has 5 nitrogen and oxygen atoms in total. The Morgan fingerprint density at radius 3 is 2.10 bits per heavy atom. The number of rotatable bonds is 3. The number of ketones is 1. The smallest absolute Gasteiger partial charge is 0.216 e. The lowest BCUT2D eigenvalue weighted by Gasteiger charge is -2.00. The minimum absolute atomic E-state index is 0.567. The van der Waals surface area contributed by atoms with Gasteiger partial charge in [-0.2, -0.15) is 0 Å². The van der Waals surface area contributed by atoms with Crippen LogP contribution in [0.25, 0.3) is 0 Å². The van der Waals surface area contributed by atoms with E-state index in [1.807, 2.05) is 0 Å². The van der Waals surface area contributed by atoms with Gasteiger partial charge in [0, 0.05) is 0 Å². The second kappa shape index (κ2) is 3.09. The lowest BCUT2D eigenvalue weighted by Crippen LogP contribution is -2.34. The van der Waals surface area contributed by atoms with Crippen molar-refractivity contribution in [1.29, 1.82) is 0 Å².